The van der Waals surface area contributed by atoms with Gasteiger partial charge in [-0.3, -0.25) is 9.59 Å². The molecule has 0 saturated carbocycles. The number of amides is 2. The van der Waals surface area contributed by atoms with Gasteiger partial charge in [0.25, 0.3) is 11.8 Å². The van der Waals surface area contributed by atoms with E-state index in [-0.39, 0.29) is 24.1 Å². The minimum Gasteiger partial charge on any atom is -0.503 e. The summed E-state index contributed by atoms with van der Waals surface area (Å²) in [5.41, 5.74) is 1.16. The van der Waals surface area contributed by atoms with Crippen molar-refractivity contribution in [2.45, 2.75) is 13.0 Å². The Kier molecular flexibility index (Phi) is 3.79. The molecule has 5 nitrogen and oxygen atoms in total. The van der Waals surface area contributed by atoms with Crippen LogP contribution in [0.15, 0.2) is 41.7 Å². The van der Waals surface area contributed by atoms with E-state index in [0.29, 0.717) is 0 Å². The van der Waals surface area contributed by atoms with E-state index in [1.165, 1.54) is 9.80 Å². The van der Waals surface area contributed by atoms with Crippen LogP contribution < -0.4 is 0 Å². The fourth-order valence-corrected chi connectivity index (χ4v) is 2.21. The van der Waals surface area contributed by atoms with Gasteiger partial charge in [-0.15, -0.1) is 0 Å². The van der Waals surface area contributed by atoms with E-state index >= 15 is 0 Å². The number of rotatable bonds is 3. The Labute approximate surface area is 118 Å². The molecule has 1 aliphatic heterocycles. The van der Waals surface area contributed by atoms with Crippen LogP contribution in [0.5, 0.6) is 0 Å². The zero-order valence-electron chi connectivity index (χ0n) is 11.8. The van der Waals surface area contributed by atoms with Crippen LogP contribution in [-0.4, -0.2) is 47.4 Å². The molecule has 20 heavy (non-hydrogen) atoms. The van der Waals surface area contributed by atoms with Crippen molar-refractivity contribution in [1.29, 1.82) is 0 Å². The molecule has 0 saturated heterocycles. The zero-order chi connectivity index (χ0) is 14.9. The number of carbonyl (C=O) groups excluding carboxylic acids is 2. The van der Waals surface area contributed by atoms with Gasteiger partial charge in [0.2, 0.25) is 0 Å². The standard InChI is InChI=1S/C15H18N2O3/c1-10(11-7-5-4-6-8-11)17(3)14(19)12-9-16(2)15(20)13(12)18/h4-8,10,18H,9H2,1-3H3. The average Bonchev–Trinajstić information content (AvgIpc) is 2.73. The van der Waals surface area contributed by atoms with Gasteiger partial charge in [-0.05, 0) is 12.5 Å². The van der Waals surface area contributed by atoms with E-state index in [1.807, 2.05) is 37.3 Å². The van der Waals surface area contributed by atoms with Gasteiger partial charge in [0.05, 0.1) is 18.2 Å². The first-order chi connectivity index (χ1) is 9.43. The molecule has 1 aromatic rings. The molecule has 0 radical (unpaired) electrons. The lowest BCUT2D eigenvalue weighted by Crippen LogP contribution is -2.32. The highest BCUT2D eigenvalue weighted by Gasteiger charge is 2.34. The second-order valence-electron chi connectivity index (χ2n) is 4.99. The summed E-state index contributed by atoms with van der Waals surface area (Å²) in [5, 5.41) is 9.74. The zero-order valence-corrected chi connectivity index (χ0v) is 11.8. The molecule has 2 amide bonds. The van der Waals surface area contributed by atoms with Crippen molar-refractivity contribution in [3.05, 3.63) is 47.2 Å². The van der Waals surface area contributed by atoms with E-state index in [1.54, 1.807) is 14.1 Å². The Bertz CT molecular complexity index is 566. The highest BCUT2D eigenvalue weighted by Crippen LogP contribution is 2.23. The molecule has 0 aromatic heterocycles. The van der Waals surface area contributed by atoms with Gasteiger partial charge in [-0.2, -0.15) is 0 Å². The molecule has 0 spiro atoms. The molecule has 0 aliphatic carbocycles. The quantitative estimate of drug-likeness (QED) is 0.908. The molecule has 5 heteroatoms. The summed E-state index contributed by atoms with van der Waals surface area (Å²) in [5.74, 6) is -1.27. The first kappa shape index (κ1) is 14.1. The van der Waals surface area contributed by atoms with Crippen molar-refractivity contribution in [2.24, 2.45) is 0 Å². The molecule has 0 fully saturated rings. The number of likely N-dealkylation sites (N-methyl/N-ethyl adjacent to an activating group) is 2. The Hall–Kier alpha value is -2.30. The lowest BCUT2D eigenvalue weighted by molar-refractivity contribution is -0.128. The first-order valence-electron chi connectivity index (χ1n) is 6.43. The number of carbonyl (C=O) groups is 2. The highest BCUT2D eigenvalue weighted by molar-refractivity contribution is 6.06. The predicted octanol–water partition coefficient (Wildman–Crippen LogP) is 1.49. The number of aliphatic hydroxyl groups is 1. The average molecular weight is 274 g/mol. The molecule has 1 heterocycles. The van der Waals surface area contributed by atoms with Crippen LogP contribution in [0.4, 0.5) is 0 Å². The Morgan fingerprint density at radius 3 is 2.45 bits per heavy atom. The maximum absolute atomic E-state index is 12.4. The fraction of sp³-hybridized carbons (Fsp3) is 0.333. The molecule has 1 N–H and O–H groups in total. The lowest BCUT2D eigenvalue weighted by atomic mass is 10.1. The number of benzene rings is 1. The van der Waals surface area contributed by atoms with Gasteiger partial charge < -0.3 is 14.9 Å². The maximum Gasteiger partial charge on any atom is 0.289 e. The van der Waals surface area contributed by atoms with E-state index in [0.717, 1.165) is 5.56 Å². The molecule has 106 valence electrons. The van der Waals surface area contributed by atoms with E-state index in [4.69, 9.17) is 0 Å². The van der Waals surface area contributed by atoms with Crippen molar-refractivity contribution < 1.29 is 14.7 Å². The highest BCUT2D eigenvalue weighted by atomic mass is 16.3. The summed E-state index contributed by atoms with van der Waals surface area (Å²) in [6, 6.07) is 9.48. The van der Waals surface area contributed by atoms with Crippen molar-refractivity contribution in [1.82, 2.24) is 9.80 Å². The number of hydrogen-bond donors (Lipinski definition) is 1. The molecule has 0 bridgehead atoms. The summed E-state index contributed by atoms with van der Waals surface area (Å²) in [6.45, 7) is 2.06. The fourth-order valence-electron chi connectivity index (χ4n) is 2.21. The van der Waals surface area contributed by atoms with Crippen LogP contribution in [-0.2, 0) is 9.59 Å². The maximum atomic E-state index is 12.4. The van der Waals surface area contributed by atoms with Crippen molar-refractivity contribution >= 4 is 11.8 Å². The first-order valence-corrected chi connectivity index (χ1v) is 6.43. The third kappa shape index (κ3) is 2.39. The second kappa shape index (κ2) is 5.36. The van der Waals surface area contributed by atoms with E-state index < -0.39 is 11.7 Å². The minimum absolute atomic E-state index is 0.134. The van der Waals surface area contributed by atoms with Crippen LogP contribution in [0.25, 0.3) is 0 Å². The van der Waals surface area contributed by atoms with Gasteiger partial charge in [0.15, 0.2) is 5.76 Å². The number of nitrogens with zero attached hydrogens (tertiary/aromatic N) is 2. The van der Waals surface area contributed by atoms with Crippen LogP contribution in [0, 0.1) is 0 Å². The monoisotopic (exact) mass is 274 g/mol. The second-order valence-corrected chi connectivity index (χ2v) is 4.99. The van der Waals surface area contributed by atoms with Gasteiger partial charge in [0, 0.05) is 14.1 Å². The Morgan fingerprint density at radius 1 is 1.35 bits per heavy atom. The largest absolute Gasteiger partial charge is 0.503 e. The molecule has 1 aliphatic rings. The third-order valence-corrected chi connectivity index (χ3v) is 3.67. The minimum atomic E-state index is -0.505. The smallest absolute Gasteiger partial charge is 0.289 e. The Morgan fingerprint density at radius 2 is 1.95 bits per heavy atom. The molecular formula is C15H18N2O3. The SMILES string of the molecule is CC(c1ccccc1)N(C)C(=O)C1=C(O)C(=O)N(C)C1. The topological polar surface area (TPSA) is 60.9 Å². The molecular weight excluding hydrogens is 256 g/mol. The summed E-state index contributed by atoms with van der Waals surface area (Å²) >= 11 is 0. The summed E-state index contributed by atoms with van der Waals surface area (Å²) in [6.07, 6.45) is 0. The predicted molar refractivity (Wildman–Crippen MR) is 74.9 cm³/mol. The van der Waals surface area contributed by atoms with Crippen LogP contribution in [0.1, 0.15) is 18.5 Å². The van der Waals surface area contributed by atoms with Crippen LogP contribution in [0.3, 0.4) is 0 Å². The van der Waals surface area contributed by atoms with Crippen molar-refractivity contribution in [3.63, 3.8) is 0 Å². The molecule has 1 atom stereocenters. The molecule has 1 aromatic carbocycles. The summed E-state index contributed by atoms with van der Waals surface area (Å²) in [4.78, 5) is 26.8. The van der Waals surface area contributed by atoms with Gasteiger partial charge >= 0.3 is 0 Å². The van der Waals surface area contributed by atoms with Gasteiger partial charge in [0.1, 0.15) is 0 Å². The number of aliphatic hydroxyl groups excluding tert-OH is 1. The van der Waals surface area contributed by atoms with E-state index in [2.05, 4.69) is 0 Å². The summed E-state index contributed by atoms with van der Waals surface area (Å²) < 4.78 is 0. The van der Waals surface area contributed by atoms with Crippen LogP contribution >= 0.6 is 0 Å². The summed E-state index contributed by atoms with van der Waals surface area (Å²) in [7, 11) is 3.22. The van der Waals surface area contributed by atoms with Gasteiger partial charge in [-0.1, -0.05) is 30.3 Å². The van der Waals surface area contributed by atoms with Gasteiger partial charge in [-0.25, -0.2) is 0 Å². The van der Waals surface area contributed by atoms with Crippen LogP contribution in [0.2, 0.25) is 0 Å². The molecule has 1 unspecified atom stereocenters. The lowest BCUT2D eigenvalue weighted by Gasteiger charge is -2.25. The number of hydrogen-bond acceptors (Lipinski definition) is 3. The van der Waals surface area contributed by atoms with Crippen molar-refractivity contribution in [2.75, 3.05) is 20.6 Å². The third-order valence-electron chi connectivity index (χ3n) is 3.67. The molecule has 2 rings (SSSR count). The Balaban J connectivity index is 2.20. The van der Waals surface area contributed by atoms with E-state index in [9.17, 15) is 14.7 Å². The normalized spacial score (nSPS) is 16.6. The van der Waals surface area contributed by atoms with Crippen molar-refractivity contribution in [3.8, 4) is 0 Å².